The standard InChI is InChI=1S/C17H28N4O2/c1-19-9-13-8-18-11-17(13,12-19)16(23)20-6-7-21(15(22)10-20)14-4-2-3-5-14/h13-14,18H,2-12H2,1H3/t13-,17-/m1/s1. The van der Waals surface area contributed by atoms with Crippen molar-refractivity contribution in [2.45, 2.75) is 31.7 Å². The van der Waals surface area contributed by atoms with Gasteiger partial charge in [0.1, 0.15) is 0 Å². The highest BCUT2D eigenvalue weighted by Crippen LogP contribution is 2.40. The van der Waals surface area contributed by atoms with Gasteiger partial charge in [-0.15, -0.1) is 0 Å². The van der Waals surface area contributed by atoms with Gasteiger partial charge in [-0.2, -0.15) is 0 Å². The van der Waals surface area contributed by atoms with Crippen LogP contribution in [0.3, 0.4) is 0 Å². The zero-order chi connectivity index (χ0) is 16.0. The van der Waals surface area contributed by atoms with Crippen molar-refractivity contribution in [3.63, 3.8) is 0 Å². The van der Waals surface area contributed by atoms with E-state index < -0.39 is 0 Å². The topological polar surface area (TPSA) is 55.9 Å². The van der Waals surface area contributed by atoms with Crippen LogP contribution in [0.4, 0.5) is 0 Å². The van der Waals surface area contributed by atoms with E-state index in [2.05, 4.69) is 17.3 Å². The Morgan fingerprint density at radius 3 is 2.78 bits per heavy atom. The Hall–Kier alpha value is -1.14. The number of likely N-dealkylation sites (tertiary alicyclic amines) is 1. The molecule has 1 saturated carbocycles. The van der Waals surface area contributed by atoms with Crippen LogP contribution < -0.4 is 5.32 Å². The summed E-state index contributed by atoms with van der Waals surface area (Å²) >= 11 is 0. The lowest BCUT2D eigenvalue weighted by Crippen LogP contribution is -2.59. The van der Waals surface area contributed by atoms with Crippen molar-refractivity contribution in [3.8, 4) is 0 Å². The molecule has 1 N–H and O–H groups in total. The second-order valence-electron chi connectivity index (χ2n) is 7.93. The normalized spacial score (nSPS) is 36.0. The van der Waals surface area contributed by atoms with E-state index in [9.17, 15) is 9.59 Å². The van der Waals surface area contributed by atoms with Crippen LogP contribution in [0.15, 0.2) is 0 Å². The first kappa shape index (κ1) is 15.4. The summed E-state index contributed by atoms with van der Waals surface area (Å²) in [7, 11) is 2.09. The molecule has 0 spiro atoms. The average Bonchev–Trinajstić information content (AvgIpc) is 3.21. The molecule has 4 aliphatic rings. The van der Waals surface area contributed by atoms with Crippen molar-refractivity contribution >= 4 is 11.8 Å². The number of hydrogen-bond donors (Lipinski definition) is 1. The molecule has 3 saturated heterocycles. The van der Waals surface area contributed by atoms with Crippen LogP contribution in [0.1, 0.15) is 25.7 Å². The molecular formula is C17H28N4O2. The quantitative estimate of drug-likeness (QED) is 0.762. The highest BCUT2D eigenvalue weighted by atomic mass is 16.2. The summed E-state index contributed by atoms with van der Waals surface area (Å²) in [4.78, 5) is 31.9. The van der Waals surface area contributed by atoms with E-state index in [-0.39, 0.29) is 23.8 Å². The highest BCUT2D eigenvalue weighted by molar-refractivity contribution is 5.90. The molecule has 0 bridgehead atoms. The molecule has 6 nitrogen and oxygen atoms in total. The van der Waals surface area contributed by atoms with Crippen LogP contribution >= 0.6 is 0 Å². The molecule has 6 heteroatoms. The molecule has 3 heterocycles. The molecule has 4 fully saturated rings. The summed E-state index contributed by atoms with van der Waals surface area (Å²) in [5.41, 5.74) is -0.301. The van der Waals surface area contributed by atoms with Crippen LogP contribution in [-0.4, -0.2) is 85.4 Å². The Bertz CT molecular complexity index is 505. The van der Waals surface area contributed by atoms with Crippen molar-refractivity contribution in [3.05, 3.63) is 0 Å². The van der Waals surface area contributed by atoms with E-state index in [0.29, 0.717) is 18.5 Å². The Morgan fingerprint density at radius 1 is 1.26 bits per heavy atom. The number of hydrogen-bond acceptors (Lipinski definition) is 4. The summed E-state index contributed by atoms with van der Waals surface area (Å²) in [6, 6.07) is 0.427. The van der Waals surface area contributed by atoms with Crippen molar-refractivity contribution < 1.29 is 9.59 Å². The van der Waals surface area contributed by atoms with Crippen molar-refractivity contribution in [1.29, 1.82) is 0 Å². The minimum Gasteiger partial charge on any atom is -0.336 e. The summed E-state index contributed by atoms with van der Waals surface area (Å²) in [6.45, 7) is 5.20. The number of carbonyl (C=O) groups excluding carboxylic acids is 2. The molecule has 23 heavy (non-hydrogen) atoms. The molecule has 0 aromatic heterocycles. The number of piperazine rings is 1. The Kier molecular flexibility index (Phi) is 3.84. The molecule has 2 amide bonds. The smallest absolute Gasteiger partial charge is 0.242 e. The zero-order valence-electron chi connectivity index (χ0n) is 14.1. The van der Waals surface area contributed by atoms with E-state index in [1.165, 1.54) is 12.8 Å². The summed E-state index contributed by atoms with van der Waals surface area (Å²) < 4.78 is 0. The number of amides is 2. The maximum Gasteiger partial charge on any atom is 0.242 e. The Morgan fingerprint density at radius 2 is 2.04 bits per heavy atom. The van der Waals surface area contributed by atoms with Crippen LogP contribution in [0.5, 0.6) is 0 Å². The lowest BCUT2D eigenvalue weighted by Gasteiger charge is -2.41. The first-order valence-electron chi connectivity index (χ1n) is 9.08. The predicted molar refractivity (Wildman–Crippen MR) is 86.8 cm³/mol. The average molecular weight is 320 g/mol. The van der Waals surface area contributed by atoms with Gasteiger partial charge in [0.15, 0.2) is 0 Å². The molecular weight excluding hydrogens is 292 g/mol. The van der Waals surface area contributed by atoms with Crippen molar-refractivity contribution in [2.75, 3.05) is 52.9 Å². The zero-order valence-corrected chi connectivity index (χ0v) is 14.1. The van der Waals surface area contributed by atoms with Crippen LogP contribution in [0, 0.1) is 11.3 Å². The molecule has 0 unspecified atom stereocenters. The van der Waals surface area contributed by atoms with Gasteiger partial charge in [0.2, 0.25) is 11.8 Å². The number of rotatable bonds is 2. The van der Waals surface area contributed by atoms with E-state index in [1.54, 1.807) is 0 Å². The second kappa shape index (κ2) is 5.74. The third-order valence-electron chi connectivity index (χ3n) is 6.43. The van der Waals surface area contributed by atoms with E-state index in [1.807, 2.05) is 9.80 Å². The largest absolute Gasteiger partial charge is 0.336 e. The number of fused-ring (bicyclic) bond motifs is 1. The predicted octanol–water partition coefficient (Wildman–Crippen LogP) is -0.249. The van der Waals surface area contributed by atoms with Gasteiger partial charge >= 0.3 is 0 Å². The molecule has 3 aliphatic heterocycles. The first-order valence-corrected chi connectivity index (χ1v) is 9.08. The van der Waals surface area contributed by atoms with Gasteiger partial charge in [-0.25, -0.2) is 0 Å². The van der Waals surface area contributed by atoms with Gasteiger partial charge in [0, 0.05) is 51.2 Å². The number of carbonyl (C=O) groups is 2. The van der Waals surface area contributed by atoms with Gasteiger partial charge in [0.05, 0.1) is 12.0 Å². The number of nitrogens with zero attached hydrogens (tertiary/aromatic N) is 3. The second-order valence-corrected chi connectivity index (χ2v) is 7.93. The van der Waals surface area contributed by atoms with Crippen LogP contribution in [0.2, 0.25) is 0 Å². The van der Waals surface area contributed by atoms with E-state index in [4.69, 9.17) is 0 Å². The van der Waals surface area contributed by atoms with E-state index >= 15 is 0 Å². The molecule has 128 valence electrons. The third-order valence-corrected chi connectivity index (χ3v) is 6.43. The minimum absolute atomic E-state index is 0.154. The van der Waals surface area contributed by atoms with Gasteiger partial charge < -0.3 is 20.0 Å². The van der Waals surface area contributed by atoms with Gasteiger partial charge in [-0.05, 0) is 19.9 Å². The third kappa shape index (κ3) is 2.47. The molecule has 0 aromatic rings. The maximum atomic E-state index is 13.2. The van der Waals surface area contributed by atoms with Crippen molar-refractivity contribution in [1.82, 2.24) is 20.0 Å². The van der Waals surface area contributed by atoms with Crippen molar-refractivity contribution in [2.24, 2.45) is 11.3 Å². The minimum atomic E-state index is -0.301. The number of nitrogens with one attached hydrogen (secondary N) is 1. The van der Waals surface area contributed by atoms with E-state index in [0.717, 1.165) is 45.6 Å². The van der Waals surface area contributed by atoms with Crippen LogP contribution in [0.25, 0.3) is 0 Å². The molecule has 1 aliphatic carbocycles. The SMILES string of the molecule is CN1C[C@H]2CNC[C@@]2(C(=O)N2CCN(C3CCCC3)C(=O)C2)C1. The fourth-order valence-electron chi connectivity index (χ4n) is 5.25. The lowest BCUT2D eigenvalue weighted by molar-refractivity contribution is -0.152. The Balaban J connectivity index is 1.45. The molecule has 0 radical (unpaired) electrons. The fraction of sp³-hybridized carbons (Fsp3) is 0.882. The van der Waals surface area contributed by atoms with Crippen LogP contribution in [-0.2, 0) is 9.59 Å². The van der Waals surface area contributed by atoms with Gasteiger partial charge in [-0.1, -0.05) is 12.8 Å². The lowest BCUT2D eigenvalue weighted by atomic mass is 9.79. The molecule has 0 aromatic carbocycles. The summed E-state index contributed by atoms with van der Waals surface area (Å²) in [6.07, 6.45) is 4.75. The summed E-state index contributed by atoms with van der Waals surface area (Å²) in [5, 5.41) is 3.40. The molecule has 2 atom stereocenters. The maximum absolute atomic E-state index is 13.2. The van der Waals surface area contributed by atoms with Gasteiger partial charge in [-0.3, -0.25) is 9.59 Å². The highest BCUT2D eigenvalue weighted by Gasteiger charge is 2.55. The first-order chi connectivity index (χ1) is 11.1. The monoisotopic (exact) mass is 320 g/mol. The fourth-order valence-corrected chi connectivity index (χ4v) is 5.25. The molecule has 4 rings (SSSR count). The van der Waals surface area contributed by atoms with Gasteiger partial charge in [0.25, 0.3) is 0 Å². The Labute approximate surface area is 138 Å². The summed E-state index contributed by atoms with van der Waals surface area (Å²) in [5.74, 6) is 0.751.